The molecule has 2 amide bonds. The number of benzene rings is 1. The Morgan fingerprint density at radius 3 is 2.33 bits per heavy atom. The van der Waals surface area contributed by atoms with Crippen LogP contribution < -0.4 is 15.2 Å². The summed E-state index contributed by atoms with van der Waals surface area (Å²) in [6.07, 6.45) is 13.3. The van der Waals surface area contributed by atoms with Gasteiger partial charge in [-0.2, -0.15) is 0 Å². The van der Waals surface area contributed by atoms with Crippen molar-refractivity contribution < 1.29 is 19.1 Å². The fraction of sp³-hybridized carbons (Fsp3) is 0.742. The van der Waals surface area contributed by atoms with Gasteiger partial charge in [-0.25, -0.2) is 9.80 Å². The van der Waals surface area contributed by atoms with Crippen LogP contribution in [-0.4, -0.2) is 67.5 Å². The molecule has 0 bridgehead atoms. The Labute approximate surface area is 232 Å². The van der Waals surface area contributed by atoms with E-state index in [4.69, 9.17) is 9.47 Å². The molecule has 0 aromatic heterocycles. The molecule has 3 atom stereocenters. The molecule has 3 aliphatic heterocycles. The monoisotopic (exact) mass is 536 g/mol. The van der Waals surface area contributed by atoms with E-state index in [1.807, 2.05) is 11.8 Å². The van der Waals surface area contributed by atoms with Crippen LogP contribution in [0.1, 0.15) is 89.0 Å². The first-order valence-corrected chi connectivity index (χ1v) is 15.6. The molecule has 1 N–H and O–H groups in total. The highest BCUT2D eigenvalue weighted by molar-refractivity contribution is 6.04. The number of hydrogen-bond donors (Lipinski definition) is 1. The summed E-state index contributed by atoms with van der Waals surface area (Å²) in [5.74, 6) is 1.36. The molecule has 3 saturated carbocycles. The summed E-state index contributed by atoms with van der Waals surface area (Å²) >= 11 is 0. The lowest BCUT2D eigenvalue weighted by molar-refractivity contribution is -0.120. The third kappa shape index (κ3) is 5.20. The van der Waals surface area contributed by atoms with Gasteiger partial charge in [-0.05, 0) is 69.1 Å². The first kappa shape index (κ1) is 25.8. The summed E-state index contributed by atoms with van der Waals surface area (Å²) < 4.78 is 11.0. The van der Waals surface area contributed by atoms with Gasteiger partial charge in [-0.1, -0.05) is 38.2 Å². The topological polar surface area (TPSA) is 74.4 Å². The summed E-state index contributed by atoms with van der Waals surface area (Å²) in [4.78, 5) is 30.6. The number of ether oxygens (including phenoxy) is 2. The lowest BCUT2D eigenvalue weighted by Crippen LogP contribution is -2.53. The van der Waals surface area contributed by atoms with Crippen LogP contribution in [0, 0.1) is 11.8 Å². The number of fused-ring (bicyclic) bond motifs is 1. The van der Waals surface area contributed by atoms with Crippen molar-refractivity contribution in [3.8, 4) is 0 Å². The predicted molar refractivity (Wildman–Crippen MR) is 150 cm³/mol. The number of carbonyl (C=O) groups excluding carboxylic acids is 2. The van der Waals surface area contributed by atoms with E-state index in [0.29, 0.717) is 43.7 Å². The van der Waals surface area contributed by atoms with E-state index in [1.54, 1.807) is 4.90 Å². The van der Waals surface area contributed by atoms with Crippen molar-refractivity contribution in [3.63, 3.8) is 0 Å². The van der Waals surface area contributed by atoms with Gasteiger partial charge < -0.3 is 14.4 Å². The van der Waals surface area contributed by atoms with Crippen molar-refractivity contribution in [2.24, 2.45) is 11.8 Å². The molecule has 39 heavy (non-hydrogen) atoms. The predicted octanol–water partition coefficient (Wildman–Crippen LogP) is 4.97. The van der Waals surface area contributed by atoms with Crippen molar-refractivity contribution in [2.45, 2.75) is 108 Å². The molecule has 5 fully saturated rings. The Bertz CT molecular complexity index is 1080. The van der Waals surface area contributed by atoms with E-state index in [1.165, 1.54) is 63.4 Å². The number of anilines is 2. The van der Waals surface area contributed by atoms with Crippen LogP contribution in [0.25, 0.3) is 0 Å². The van der Waals surface area contributed by atoms with E-state index in [2.05, 4.69) is 28.6 Å². The van der Waals surface area contributed by atoms with Crippen LogP contribution in [0.15, 0.2) is 18.2 Å². The maximum Gasteiger partial charge on any atom is 0.414 e. The molecule has 212 valence electrons. The number of hydrogen-bond acceptors (Lipinski definition) is 6. The van der Waals surface area contributed by atoms with E-state index in [-0.39, 0.29) is 30.1 Å². The molecule has 7 rings (SSSR count). The fourth-order valence-electron chi connectivity index (χ4n) is 7.29. The second-order valence-corrected chi connectivity index (χ2v) is 13.0. The minimum absolute atomic E-state index is 0.0946. The minimum atomic E-state index is -0.326. The molecule has 3 aliphatic carbocycles. The summed E-state index contributed by atoms with van der Waals surface area (Å²) in [5.41, 5.74) is 6.93. The molecule has 1 aromatic rings. The molecule has 0 spiro atoms. The van der Waals surface area contributed by atoms with E-state index < -0.39 is 0 Å². The summed E-state index contributed by atoms with van der Waals surface area (Å²) in [6.45, 7) is 4.42. The van der Waals surface area contributed by atoms with Gasteiger partial charge in [0.15, 0.2) is 6.10 Å². The summed E-state index contributed by atoms with van der Waals surface area (Å²) in [7, 11) is 0. The third-order valence-corrected chi connectivity index (χ3v) is 9.91. The van der Waals surface area contributed by atoms with Gasteiger partial charge in [-0.15, -0.1) is 0 Å². The van der Waals surface area contributed by atoms with Crippen molar-refractivity contribution >= 4 is 23.4 Å². The van der Waals surface area contributed by atoms with Crippen LogP contribution in [-0.2, 0) is 14.3 Å². The number of carbonyl (C=O) groups is 2. The Balaban J connectivity index is 1.22. The maximum atomic E-state index is 13.4. The molecular weight excluding hydrogens is 492 g/mol. The number of rotatable bonds is 5. The van der Waals surface area contributed by atoms with Gasteiger partial charge in [0.1, 0.15) is 0 Å². The maximum absolute atomic E-state index is 13.4. The molecule has 2 saturated heterocycles. The van der Waals surface area contributed by atoms with Gasteiger partial charge in [0, 0.05) is 37.0 Å². The highest BCUT2D eigenvalue weighted by Gasteiger charge is 2.45. The highest BCUT2D eigenvalue weighted by Crippen LogP contribution is 2.45. The third-order valence-electron chi connectivity index (χ3n) is 9.91. The quantitative estimate of drug-likeness (QED) is 0.573. The molecule has 6 aliphatic rings. The van der Waals surface area contributed by atoms with Crippen molar-refractivity contribution in [1.29, 1.82) is 0 Å². The standard InChI is InChI=1S/C31H44N4O4/c1-20-16-33(31(37)39-25-18-38-19-25)28-15-23(11-14-27(28)35(20)30(36)22-9-10-22)26-17-34(24-12-13-24)32-29(26)21-7-5-3-2-4-6-8-21/h11,14-15,20-22,24-26,29,32H,2-10,12-13,16-19H2,1H3/t20-,26?,29?/m0/s1. The summed E-state index contributed by atoms with van der Waals surface area (Å²) in [5, 5.41) is 2.52. The number of nitrogens with one attached hydrogen (secondary N) is 1. The van der Waals surface area contributed by atoms with Crippen molar-refractivity contribution in [3.05, 3.63) is 23.8 Å². The Morgan fingerprint density at radius 1 is 0.923 bits per heavy atom. The van der Waals surface area contributed by atoms with Gasteiger partial charge in [-0.3, -0.25) is 15.1 Å². The second kappa shape index (κ2) is 10.7. The lowest BCUT2D eigenvalue weighted by Gasteiger charge is -2.42. The fourth-order valence-corrected chi connectivity index (χ4v) is 7.29. The van der Waals surface area contributed by atoms with Gasteiger partial charge in [0.25, 0.3) is 0 Å². The van der Waals surface area contributed by atoms with Crippen LogP contribution >= 0.6 is 0 Å². The van der Waals surface area contributed by atoms with Crippen LogP contribution in [0.2, 0.25) is 0 Å². The Hall–Kier alpha value is -2.16. The average molecular weight is 537 g/mol. The Morgan fingerprint density at radius 2 is 1.67 bits per heavy atom. The zero-order chi connectivity index (χ0) is 26.5. The molecule has 1 aromatic carbocycles. The highest BCUT2D eigenvalue weighted by atomic mass is 16.6. The van der Waals surface area contributed by atoms with E-state index >= 15 is 0 Å². The molecule has 3 heterocycles. The first-order chi connectivity index (χ1) is 19.1. The molecule has 8 nitrogen and oxygen atoms in total. The zero-order valence-electron chi connectivity index (χ0n) is 23.4. The number of hydrazine groups is 1. The number of nitrogens with zero attached hydrogens (tertiary/aromatic N) is 3. The Kier molecular flexibility index (Phi) is 7.06. The summed E-state index contributed by atoms with van der Waals surface area (Å²) in [6, 6.07) is 7.55. The minimum Gasteiger partial charge on any atom is -0.441 e. The average Bonchev–Trinajstić information content (AvgIpc) is 3.82. The zero-order valence-corrected chi connectivity index (χ0v) is 23.4. The van der Waals surface area contributed by atoms with Crippen molar-refractivity contribution in [2.75, 3.05) is 36.1 Å². The smallest absolute Gasteiger partial charge is 0.414 e. The second-order valence-electron chi connectivity index (χ2n) is 13.0. The van der Waals surface area contributed by atoms with Crippen LogP contribution in [0.3, 0.4) is 0 Å². The molecule has 8 heteroatoms. The van der Waals surface area contributed by atoms with E-state index in [0.717, 1.165) is 30.8 Å². The largest absolute Gasteiger partial charge is 0.441 e. The normalized spacial score (nSPS) is 30.8. The van der Waals surface area contributed by atoms with Crippen LogP contribution in [0.5, 0.6) is 0 Å². The molecule has 0 radical (unpaired) electrons. The first-order valence-electron chi connectivity index (χ1n) is 15.6. The van der Waals surface area contributed by atoms with Crippen LogP contribution in [0.4, 0.5) is 16.2 Å². The van der Waals surface area contributed by atoms with Gasteiger partial charge >= 0.3 is 6.09 Å². The van der Waals surface area contributed by atoms with Crippen molar-refractivity contribution in [1.82, 2.24) is 10.4 Å². The molecule has 2 unspecified atom stereocenters. The molecular formula is C31H44N4O4. The van der Waals surface area contributed by atoms with E-state index in [9.17, 15) is 9.59 Å². The van der Waals surface area contributed by atoms with Gasteiger partial charge in [0.05, 0.1) is 30.6 Å². The van der Waals surface area contributed by atoms with Gasteiger partial charge in [0.2, 0.25) is 5.91 Å². The SMILES string of the molecule is C[C@H]1CN(C(=O)OC2COC2)c2cc(C3CN(C4CC4)NC3C3CCCCCCC3)ccc2N1C(=O)C1CC1. The lowest BCUT2D eigenvalue weighted by atomic mass is 9.78. The number of amides is 2.